The average molecular weight is 196 g/mol. The highest BCUT2D eigenvalue weighted by atomic mass is 16.3. The van der Waals surface area contributed by atoms with Crippen molar-refractivity contribution in [1.82, 2.24) is 0 Å². The maximum Gasteiger partial charge on any atom is 0.121 e. The SMILES string of the molecule is CC(C)(CO)c1ccc(CO)c(O)c1. The fraction of sp³-hybridized carbons (Fsp3) is 0.455. The average Bonchev–Trinajstić information content (AvgIpc) is 2.17. The van der Waals surface area contributed by atoms with Gasteiger partial charge >= 0.3 is 0 Å². The third-order valence-electron chi connectivity index (χ3n) is 2.43. The Kier molecular flexibility index (Phi) is 3.13. The second-order valence-electron chi connectivity index (χ2n) is 4.04. The van der Waals surface area contributed by atoms with Crippen molar-refractivity contribution in [2.24, 2.45) is 0 Å². The van der Waals surface area contributed by atoms with Crippen molar-refractivity contribution in [3.05, 3.63) is 29.3 Å². The van der Waals surface area contributed by atoms with Crippen LogP contribution in [0.5, 0.6) is 5.75 Å². The van der Waals surface area contributed by atoms with Crippen molar-refractivity contribution in [1.29, 1.82) is 0 Å². The van der Waals surface area contributed by atoms with Gasteiger partial charge in [-0.15, -0.1) is 0 Å². The maximum atomic E-state index is 9.51. The Morgan fingerprint density at radius 1 is 1.21 bits per heavy atom. The lowest BCUT2D eigenvalue weighted by Crippen LogP contribution is -2.21. The summed E-state index contributed by atoms with van der Waals surface area (Å²) in [6, 6.07) is 5.06. The van der Waals surface area contributed by atoms with Gasteiger partial charge in [0.25, 0.3) is 0 Å². The minimum atomic E-state index is -0.370. The Hall–Kier alpha value is -1.06. The molecule has 1 aromatic rings. The summed E-state index contributed by atoms with van der Waals surface area (Å²) in [6.07, 6.45) is 0. The number of aromatic hydroxyl groups is 1. The lowest BCUT2D eigenvalue weighted by atomic mass is 9.85. The number of phenols is 1. The largest absolute Gasteiger partial charge is 0.508 e. The lowest BCUT2D eigenvalue weighted by Gasteiger charge is -2.22. The van der Waals surface area contributed by atoms with E-state index in [2.05, 4.69) is 0 Å². The molecule has 0 aromatic heterocycles. The molecule has 0 amide bonds. The molecule has 1 aromatic carbocycles. The first-order valence-electron chi connectivity index (χ1n) is 4.55. The second kappa shape index (κ2) is 3.98. The molecule has 78 valence electrons. The summed E-state index contributed by atoms with van der Waals surface area (Å²) in [5.74, 6) is 0.0755. The summed E-state index contributed by atoms with van der Waals surface area (Å²) < 4.78 is 0. The zero-order valence-corrected chi connectivity index (χ0v) is 8.49. The molecular weight excluding hydrogens is 180 g/mol. The first-order chi connectivity index (χ1) is 6.51. The van der Waals surface area contributed by atoms with Gasteiger partial charge in [-0.1, -0.05) is 26.0 Å². The Balaban J connectivity index is 3.08. The van der Waals surface area contributed by atoms with Crippen molar-refractivity contribution in [3.8, 4) is 5.75 Å². The normalized spacial score (nSPS) is 11.7. The van der Waals surface area contributed by atoms with Crippen LogP contribution in [0.15, 0.2) is 18.2 Å². The minimum Gasteiger partial charge on any atom is -0.508 e. The summed E-state index contributed by atoms with van der Waals surface area (Å²) >= 11 is 0. The van der Waals surface area contributed by atoms with E-state index >= 15 is 0 Å². The van der Waals surface area contributed by atoms with Crippen molar-refractivity contribution in [2.75, 3.05) is 6.61 Å². The van der Waals surface area contributed by atoms with Crippen LogP contribution in [0.25, 0.3) is 0 Å². The Morgan fingerprint density at radius 2 is 1.86 bits per heavy atom. The molecule has 0 saturated carbocycles. The van der Waals surface area contributed by atoms with Crippen LogP contribution in [0.3, 0.4) is 0 Å². The molecule has 3 nitrogen and oxygen atoms in total. The van der Waals surface area contributed by atoms with E-state index in [1.165, 1.54) is 0 Å². The smallest absolute Gasteiger partial charge is 0.121 e. The third kappa shape index (κ3) is 2.05. The summed E-state index contributed by atoms with van der Waals surface area (Å²) in [5.41, 5.74) is 0.989. The number of hydrogen-bond donors (Lipinski definition) is 3. The van der Waals surface area contributed by atoms with Gasteiger partial charge in [0.05, 0.1) is 13.2 Å². The van der Waals surface area contributed by atoms with E-state index in [1.807, 2.05) is 19.9 Å². The van der Waals surface area contributed by atoms with Gasteiger partial charge < -0.3 is 15.3 Å². The second-order valence-corrected chi connectivity index (χ2v) is 4.04. The summed E-state index contributed by atoms with van der Waals surface area (Å²) in [7, 11) is 0. The van der Waals surface area contributed by atoms with Gasteiger partial charge in [-0.25, -0.2) is 0 Å². The van der Waals surface area contributed by atoms with Gasteiger partial charge in [-0.3, -0.25) is 0 Å². The Labute approximate surface area is 83.6 Å². The molecule has 0 saturated heterocycles. The van der Waals surface area contributed by atoms with Gasteiger partial charge in [0, 0.05) is 11.0 Å². The van der Waals surface area contributed by atoms with Crippen molar-refractivity contribution in [3.63, 3.8) is 0 Å². The molecule has 0 aliphatic heterocycles. The van der Waals surface area contributed by atoms with E-state index < -0.39 is 0 Å². The quantitative estimate of drug-likeness (QED) is 0.679. The number of hydrogen-bond acceptors (Lipinski definition) is 3. The third-order valence-corrected chi connectivity index (χ3v) is 2.43. The van der Waals surface area contributed by atoms with Crippen LogP contribution in [-0.2, 0) is 12.0 Å². The van der Waals surface area contributed by atoms with Crippen molar-refractivity contribution in [2.45, 2.75) is 25.9 Å². The monoisotopic (exact) mass is 196 g/mol. The topological polar surface area (TPSA) is 60.7 Å². The fourth-order valence-electron chi connectivity index (χ4n) is 1.21. The van der Waals surface area contributed by atoms with Crippen LogP contribution < -0.4 is 0 Å². The molecular formula is C11H16O3. The van der Waals surface area contributed by atoms with Crippen LogP contribution in [0.4, 0.5) is 0 Å². The van der Waals surface area contributed by atoms with E-state index in [0.717, 1.165) is 5.56 Å². The molecule has 3 N–H and O–H groups in total. The van der Waals surface area contributed by atoms with Crippen LogP contribution >= 0.6 is 0 Å². The van der Waals surface area contributed by atoms with Gasteiger partial charge in [-0.05, 0) is 11.6 Å². The molecule has 0 atom stereocenters. The molecule has 0 heterocycles. The Morgan fingerprint density at radius 3 is 2.29 bits per heavy atom. The molecule has 0 spiro atoms. The molecule has 1 rings (SSSR count). The minimum absolute atomic E-state index is 0.0188. The highest BCUT2D eigenvalue weighted by Crippen LogP contribution is 2.27. The predicted octanol–water partition coefficient (Wildman–Crippen LogP) is 1.15. The summed E-state index contributed by atoms with van der Waals surface area (Å²) in [5, 5.41) is 27.5. The molecule has 0 radical (unpaired) electrons. The van der Waals surface area contributed by atoms with Gasteiger partial charge in [0.15, 0.2) is 0 Å². The zero-order chi connectivity index (χ0) is 10.8. The number of rotatable bonds is 3. The predicted molar refractivity (Wildman–Crippen MR) is 54.1 cm³/mol. The van der Waals surface area contributed by atoms with E-state index in [9.17, 15) is 5.11 Å². The highest BCUT2D eigenvalue weighted by molar-refractivity contribution is 5.38. The molecule has 3 heteroatoms. The summed E-state index contributed by atoms with van der Waals surface area (Å²) in [4.78, 5) is 0. The van der Waals surface area contributed by atoms with Crippen LogP contribution in [0, 0.1) is 0 Å². The lowest BCUT2D eigenvalue weighted by molar-refractivity contribution is 0.218. The highest BCUT2D eigenvalue weighted by Gasteiger charge is 2.20. The molecule has 0 aliphatic rings. The van der Waals surface area contributed by atoms with Crippen LogP contribution in [-0.4, -0.2) is 21.9 Å². The van der Waals surface area contributed by atoms with E-state index in [1.54, 1.807) is 12.1 Å². The zero-order valence-electron chi connectivity index (χ0n) is 8.49. The van der Waals surface area contributed by atoms with E-state index in [0.29, 0.717) is 5.56 Å². The molecule has 0 unspecified atom stereocenters. The number of aliphatic hydroxyl groups excluding tert-OH is 2. The summed E-state index contributed by atoms with van der Waals surface area (Å²) in [6.45, 7) is 3.62. The first-order valence-corrected chi connectivity index (χ1v) is 4.55. The van der Waals surface area contributed by atoms with Gasteiger partial charge in [0.2, 0.25) is 0 Å². The molecule has 14 heavy (non-hydrogen) atoms. The Bertz CT molecular complexity index is 318. The first kappa shape index (κ1) is 11.0. The molecule has 0 fully saturated rings. The van der Waals surface area contributed by atoms with Gasteiger partial charge in [0.1, 0.15) is 5.75 Å². The van der Waals surface area contributed by atoms with Crippen molar-refractivity contribution >= 4 is 0 Å². The van der Waals surface area contributed by atoms with E-state index in [4.69, 9.17) is 10.2 Å². The fourth-order valence-corrected chi connectivity index (χ4v) is 1.21. The number of benzene rings is 1. The van der Waals surface area contributed by atoms with Crippen LogP contribution in [0.1, 0.15) is 25.0 Å². The van der Waals surface area contributed by atoms with E-state index in [-0.39, 0.29) is 24.4 Å². The maximum absolute atomic E-state index is 9.51. The van der Waals surface area contributed by atoms with Gasteiger partial charge in [-0.2, -0.15) is 0 Å². The molecule has 0 bridgehead atoms. The van der Waals surface area contributed by atoms with Crippen LogP contribution in [0.2, 0.25) is 0 Å². The number of aliphatic hydroxyl groups is 2. The molecule has 0 aliphatic carbocycles. The standard InChI is InChI=1S/C11H16O3/c1-11(2,7-13)9-4-3-8(6-12)10(14)5-9/h3-5,12-14H,6-7H2,1-2H3. The van der Waals surface area contributed by atoms with Crippen molar-refractivity contribution < 1.29 is 15.3 Å².